The van der Waals surface area contributed by atoms with Gasteiger partial charge in [-0.25, -0.2) is 4.98 Å². The highest BCUT2D eigenvalue weighted by Crippen LogP contribution is 2.18. The summed E-state index contributed by atoms with van der Waals surface area (Å²) in [4.78, 5) is 16.2. The number of rotatable bonds is 5. The Morgan fingerprint density at radius 3 is 3.05 bits per heavy atom. The lowest BCUT2D eigenvalue weighted by molar-refractivity contribution is -0.116. The van der Waals surface area contributed by atoms with E-state index in [1.54, 1.807) is 12.4 Å². The van der Waals surface area contributed by atoms with Crippen molar-refractivity contribution in [2.45, 2.75) is 12.8 Å². The van der Waals surface area contributed by atoms with Crippen LogP contribution in [0.2, 0.25) is 0 Å². The number of fused-ring (bicyclic) bond motifs is 1. The number of methoxy groups -OCH3 is 1. The summed E-state index contributed by atoms with van der Waals surface area (Å²) < 4.78 is 11.9. The molecule has 0 radical (unpaired) electrons. The van der Waals surface area contributed by atoms with Gasteiger partial charge in [0.05, 0.1) is 24.5 Å². The second kappa shape index (κ2) is 5.88. The normalized spacial score (nSPS) is 10.8. The zero-order chi connectivity index (χ0) is 15.5. The Balaban J connectivity index is 1.60. The predicted octanol–water partition coefficient (Wildman–Crippen LogP) is 2.14. The second-order valence-electron chi connectivity index (χ2n) is 4.94. The number of aryl methyl sites for hydroxylation is 2. The summed E-state index contributed by atoms with van der Waals surface area (Å²) >= 11 is 0. The Morgan fingerprint density at radius 2 is 2.27 bits per heavy atom. The summed E-state index contributed by atoms with van der Waals surface area (Å²) in [6.45, 7) is 0. The van der Waals surface area contributed by atoms with Crippen molar-refractivity contribution in [2.24, 2.45) is 7.05 Å². The van der Waals surface area contributed by atoms with Crippen LogP contribution in [0.1, 0.15) is 12.2 Å². The lowest BCUT2D eigenvalue weighted by Gasteiger charge is -2.04. The van der Waals surface area contributed by atoms with Crippen LogP contribution in [-0.2, 0) is 18.3 Å². The summed E-state index contributed by atoms with van der Waals surface area (Å²) in [5.74, 6) is 0.939. The Hall–Kier alpha value is -2.83. The van der Waals surface area contributed by atoms with Crippen LogP contribution in [0.15, 0.2) is 35.1 Å². The molecule has 0 aliphatic carbocycles. The topological polar surface area (TPSA) is 82.2 Å². The number of benzene rings is 1. The van der Waals surface area contributed by atoms with Gasteiger partial charge in [-0.05, 0) is 23.4 Å². The molecule has 0 atom stereocenters. The number of nitrogens with one attached hydrogen (secondary N) is 1. The van der Waals surface area contributed by atoms with Crippen LogP contribution in [0.25, 0.3) is 11.0 Å². The van der Waals surface area contributed by atoms with E-state index in [9.17, 15) is 4.79 Å². The van der Waals surface area contributed by atoms with Crippen LogP contribution < -0.4 is 10.1 Å². The zero-order valence-electron chi connectivity index (χ0n) is 12.4. The molecule has 3 rings (SSSR count). The first-order valence-electron chi connectivity index (χ1n) is 6.86. The number of hydrogen-bond acceptors (Lipinski definition) is 5. The molecule has 3 aromatic rings. The lowest BCUT2D eigenvalue weighted by atomic mass is 10.2. The van der Waals surface area contributed by atoms with Gasteiger partial charge in [0, 0.05) is 31.6 Å². The molecule has 0 saturated heterocycles. The Morgan fingerprint density at radius 1 is 1.41 bits per heavy atom. The number of ether oxygens (including phenoxy) is 1. The van der Waals surface area contributed by atoms with Gasteiger partial charge in [-0.3, -0.25) is 4.79 Å². The molecule has 0 bridgehead atoms. The Kier molecular flexibility index (Phi) is 3.78. The maximum Gasteiger partial charge on any atom is 0.254 e. The van der Waals surface area contributed by atoms with E-state index in [0.29, 0.717) is 24.5 Å². The fourth-order valence-electron chi connectivity index (χ4n) is 2.18. The van der Waals surface area contributed by atoms with Gasteiger partial charge in [0.2, 0.25) is 5.91 Å². The molecule has 0 aliphatic heterocycles. The third kappa shape index (κ3) is 2.93. The van der Waals surface area contributed by atoms with Gasteiger partial charge in [0.15, 0.2) is 0 Å². The quantitative estimate of drug-likeness (QED) is 0.780. The van der Waals surface area contributed by atoms with Crippen molar-refractivity contribution in [1.29, 1.82) is 0 Å². The summed E-state index contributed by atoms with van der Waals surface area (Å²) in [6, 6.07) is 7.32. The highest BCUT2D eigenvalue weighted by molar-refractivity contribution is 5.93. The number of anilines is 1. The van der Waals surface area contributed by atoms with Crippen LogP contribution in [-0.4, -0.2) is 27.7 Å². The van der Waals surface area contributed by atoms with Crippen LogP contribution in [0.4, 0.5) is 5.69 Å². The molecule has 0 unspecified atom stereocenters. The van der Waals surface area contributed by atoms with Gasteiger partial charge in [-0.2, -0.15) is 0 Å². The molecule has 2 aromatic heterocycles. The first-order valence-corrected chi connectivity index (χ1v) is 6.86. The van der Waals surface area contributed by atoms with Gasteiger partial charge in [0.1, 0.15) is 5.76 Å². The number of imidazole rings is 1. The molecule has 1 amide bonds. The average molecular weight is 300 g/mol. The highest BCUT2D eigenvalue weighted by Gasteiger charge is 2.09. The van der Waals surface area contributed by atoms with Crippen molar-refractivity contribution in [1.82, 2.24) is 14.7 Å². The number of amides is 1. The first kappa shape index (κ1) is 14.1. The molecule has 0 aliphatic rings. The highest BCUT2D eigenvalue weighted by atomic mass is 16.5. The van der Waals surface area contributed by atoms with Crippen molar-refractivity contribution >= 4 is 22.6 Å². The lowest BCUT2D eigenvalue weighted by Crippen LogP contribution is -2.12. The number of carbonyl (C=O) groups is 1. The Bertz CT molecular complexity index is 806. The fourth-order valence-corrected chi connectivity index (χ4v) is 2.18. The van der Waals surface area contributed by atoms with Crippen LogP contribution in [0, 0.1) is 0 Å². The number of carbonyl (C=O) groups excluding carboxylic acids is 1. The van der Waals surface area contributed by atoms with E-state index < -0.39 is 0 Å². The minimum atomic E-state index is -0.0920. The monoisotopic (exact) mass is 300 g/mol. The summed E-state index contributed by atoms with van der Waals surface area (Å²) in [5, 5.41) is 6.55. The molecule has 2 heterocycles. The molecule has 1 aromatic carbocycles. The smallest absolute Gasteiger partial charge is 0.254 e. The molecule has 0 spiro atoms. The number of aromatic nitrogens is 3. The van der Waals surface area contributed by atoms with E-state index in [4.69, 9.17) is 9.26 Å². The van der Waals surface area contributed by atoms with Crippen molar-refractivity contribution in [3.05, 3.63) is 36.4 Å². The van der Waals surface area contributed by atoms with Gasteiger partial charge >= 0.3 is 0 Å². The van der Waals surface area contributed by atoms with E-state index in [1.165, 1.54) is 7.11 Å². The van der Waals surface area contributed by atoms with E-state index in [2.05, 4.69) is 15.5 Å². The maximum atomic E-state index is 12.0. The van der Waals surface area contributed by atoms with Crippen molar-refractivity contribution < 1.29 is 14.1 Å². The third-order valence-corrected chi connectivity index (χ3v) is 3.35. The summed E-state index contributed by atoms with van der Waals surface area (Å²) in [7, 11) is 3.45. The molecule has 7 heteroatoms. The van der Waals surface area contributed by atoms with Crippen LogP contribution in [0.5, 0.6) is 5.88 Å². The average Bonchev–Trinajstić information content (AvgIpc) is 3.12. The van der Waals surface area contributed by atoms with E-state index in [0.717, 1.165) is 16.7 Å². The molecule has 7 nitrogen and oxygen atoms in total. The Labute approximate surface area is 126 Å². The second-order valence-corrected chi connectivity index (χ2v) is 4.94. The van der Waals surface area contributed by atoms with E-state index in [1.807, 2.05) is 29.8 Å². The molecule has 0 fully saturated rings. The molecule has 22 heavy (non-hydrogen) atoms. The number of hydrogen-bond donors (Lipinski definition) is 1. The maximum absolute atomic E-state index is 12.0. The minimum absolute atomic E-state index is 0.0920. The van der Waals surface area contributed by atoms with Crippen LogP contribution in [0.3, 0.4) is 0 Å². The fraction of sp³-hybridized carbons (Fsp3) is 0.267. The minimum Gasteiger partial charge on any atom is -0.479 e. The first-order chi connectivity index (χ1) is 10.7. The molecular weight excluding hydrogens is 284 g/mol. The summed E-state index contributed by atoms with van der Waals surface area (Å²) in [6.07, 6.45) is 2.51. The standard InChI is InChI=1S/C15H16N4O3/c1-19-9-16-12-7-10(3-5-13(12)19)17-14(20)6-4-11-8-15(21-2)18-22-11/h3,5,7-9H,4,6H2,1-2H3,(H,17,20). The molecule has 114 valence electrons. The SMILES string of the molecule is COc1cc(CCC(=O)Nc2ccc3c(c2)ncn3C)on1. The van der Waals surface area contributed by atoms with Gasteiger partial charge < -0.3 is 19.1 Å². The van der Waals surface area contributed by atoms with Crippen LogP contribution >= 0.6 is 0 Å². The predicted molar refractivity (Wildman–Crippen MR) is 80.7 cm³/mol. The third-order valence-electron chi connectivity index (χ3n) is 3.35. The summed E-state index contributed by atoms with van der Waals surface area (Å²) in [5.41, 5.74) is 2.60. The number of nitrogens with zero attached hydrogens (tertiary/aromatic N) is 3. The van der Waals surface area contributed by atoms with Crippen molar-refractivity contribution in [2.75, 3.05) is 12.4 Å². The van der Waals surface area contributed by atoms with Gasteiger partial charge in [-0.15, -0.1) is 0 Å². The van der Waals surface area contributed by atoms with Gasteiger partial charge in [0.25, 0.3) is 5.88 Å². The van der Waals surface area contributed by atoms with E-state index >= 15 is 0 Å². The molecule has 0 saturated carbocycles. The largest absolute Gasteiger partial charge is 0.479 e. The molecular formula is C15H16N4O3. The van der Waals surface area contributed by atoms with Crippen molar-refractivity contribution in [3.8, 4) is 5.88 Å². The zero-order valence-corrected chi connectivity index (χ0v) is 12.4. The van der Waals surface area contributed by atoms with Gasteiger partial charge in [-0.1, -0.05) is 0 Å². The molecule has 1 N–H and O–H groups in total. The van der Waals surface area contributed by atoms with E-state index in [-0.39, 0.29) is 5.91 Å². The van der Waals surface area contributed by atoms with Crippen molar-refractivity contribution in [3.63, 3.8) is 0 Å².